The summed E-state index contributed by atoms with van der Waals surface area (Å²) < 4.78 is 24.0. The molecule has 2 aromatic rings. The van der Waals surface area contributed by atoms with Crippen LogP contribution in [0.25, 0.3) is 0 Å². The molecule has 24 heavy (non-hydrogen) atoms. The van der Waals surface area contributed by atoms with Gasteiger partial charge in [-0.1, -0.05) is 49.4 Å². The smallest absolute Gasteiger partial charge is 0.255 e. The number of amides is 1. The van der Waals surface area contributed by atoms with Crippen LogP contribution in [-0.4, -0.2) is 31.5 Å². The Morgan fingerprint density at radius 1 is 1.04 bits per heavy atom. The van der Waals surface area contributed by atoms with Crippen LogP contribution < -0.4 is 0 Å². The first-order chi connectivity index (χ1) is 11.3. The molecule has 0 fully saturated rings. The normalized spacial score (nSPS) is 12.6. The van der Waals surface area contributed by atoms with Crippen molar-refractivity contribution in [2.45, 2.75) is 37.8 Å². The maximum Gasteiger partial charge on any atom is 0.255 e. The monoisotopic (exact) mass is 345 g/mol. The van der Waals surface area contributed by atoms with Crippen LogP contribution in [0.3, 0.4) is 0 Å². The second kappa shape index (κ2) is 7.62. The highest BCUT2D eigenvalue weighted by Gasteiger charge is 2.25. The topological polar surface area (TPSA) is 54.5 Å². The number of hydrogen-bond donors (Lipinski definition) is 0. The zero-order chi connectivity index (χ0) is 17.7. The van der Waals surface area contributed by atoms with Gasteiger partial charge in [0.25, 0.3) is 5.91 Å². The van der Waals surface area contributed by atoms with Crippen LogP contribution in [0.2, 0.25) is 0 Å². The van der Waals surface area contributed by atoms with Crippen LogP contribution in [-0.2, 0) is 16.4 Å². The Labute approximate surface area is 144 Å². The molecule has 2 aromatic carbocycles. The van der Waals surface area contributed by atoms with Gasteiger partial charge in [0, 0.05) is 18.8 Å². The zero-order valence-corrected chi connectivity index (χ0v) is 15.1. The summed E-state index contributed by atoms with van der Waals surface area (Å²) in [5.41, 5.74) is 1.25. The third-order valence-electron chi connectivity index (χ3n) is 4.10. The number of sulfone groups is 1. The van der Waals surface area contributed by atoms with Gasteiger partial charge in [-0.05, 0) is 31.0 Å². The molecule has 0 aromatic heterocycles. The molecule has 0 saturated heterocycles. The highest BCUT2D eigenvalue weighted by molar-refractivity contribution is 7.90. The summed E-state index contributed by atoms with van der Waals surface area (Å²) >= 11 is 0. The van der Waals surface area contributed by atoms with Gasteiger partial charge in [-0.25, -0.2) is 8.42 Å². The average Bonchev–Trinajstić information content (AvgIpc) is 2.58. The Kier molecular flexibility index (Phi) is 5.78. The van der Waals surface area contributed by atoms with Crippen molar-refractivity contribution >= 4 is 15.7 Å². The number of rotatable bonds is 6. The predicted molar refractivity (Wildman–Crippen MR) is 95.6 cm³/mol. The van der Waals surface area contributed by atoms with Crippen molar-refractivity contribution in [3.63, 3.8) is 0 Å². The number of nitrogens with zero attached hydrogens (tertiary/aromatic N) is 1. The Morgan fingerprint density at radius 2 is 1.62 bits per heavy atom. The molecule has 0 radical (unpaired) electrons. The first kappa shape index (κ1) is 18.2. The van der Waals surface area contributed by atoms with Gasteiger partial charge in [-0.3, -0.25) is 4.79 Å². The molecule has 1 atom stereocenters. The lowest BCUT2D eigenvalue weighted by molar-refractivity contribution is 0.0667. The quantitative estimate of drug-likeness (QED) is 0.805. The van der Waals surface area contributed by atoms with Crippen LogP contribution in [0.5, 0.6) is 0 Å². The minimum absolute atomic E-state index is 0.00493. The van der Waals surface area contributed by atoms with Gasteiger partial charge < -0.3 is 4.90 Å². The van der Waals surface area contributed by atoms with Crippen molar-refractivity contribution < 1.29 is 13.2 Å². The Bertz CT molecular complexity index is 800. The van der Waals surface area contributed by atoms with Crippen LogP contribution in [0.4, 0.5) is 0 Å². The number of hydrogen-bond acceptors (Lipinski definition) is 3. The van der Waals surface area contributed by atoms with Crippen molar-refractivity contribution in [3.8, 4) is 0 Å². The van der Waals surface area contributed by atoms with Gasteiger partial charge in [-0.15, -0.1) is 0 Å². The van der Waals surface area contributed by atoms with Crippen LogP contribution in [0.15, 0.2) is 59.5 Å². The standard InChI is InChI=1S/C19H23NO3S/c1-4-15(2)20(14-16-10-6-5-7-11-16)19(21)17-12-8-9-13-18(17)24(3,22)23/h5-13,15H,4,14H2,1-3H3/t15-/m1/s1. The summed E-state index contributed by atoms with van der Waals surface area (Å²) in [7, 11) is -3.46. The van der Waals surface area contributed by atoms with E-state index in [1.165, 1.54) is 6.07 Å². The summed E-state index contributed by atoms with van der Waals surface area (Å²) in [6.45, 7) is 4.44. The molecule has 1 amide bonds. The number of carbonyl (C=O) groups is 1. The first-order valence-electron chi connectivity index (χ1n) is 7.98. The summed E-state index contributed by atoms with van der Waals surface area (Å²) in [5.74, 6) is -0.255. The molecule has 0 aliphatic carbocycles. The molecule has 0 unspecified atom stereocenters. The molecule has 5 heteroatoms. The van der Waals surface area contributed by atoms with Crippen molar-refractivity contribution in [3.05, 3.63) is 65.7 Å². The van der Waals surface area contributed by atoms with Crippen molar-refractivity contribution in [1.29, 1.82) is 0 Å². The van der Waals surface area contributed by atoms with E-state index in [0.29, 0.717) is 6.54 Å². The summed E-state index contributed by atoms with van der Waals surface area (Å²) in [6.07, 6.45) is 1.92. The van der Waals surface area contributed by atoms with Gasteiger partial charge in [-0.2, -0.15) is 0 Å². The lowest BCUT2D eigenvalue weighted by Gasteiger charge is -2.29. The summed E-state index contributed by atoms with van der Waals surface area (Å²) in [6, 6.07) is 16.1. The van der Waals surface area contributed by atoms with Gasteiger partial charge in [0.15, 0.2) is 9.84 Å². The molecule has 0 aliphatic rings. The minimum atomic E-state index is -3.46. The highest BCUT2D eigenvalue weighted by atomic mass is 32.2. The van der Waals surface area contributed by atoms with Crippen molar-refractivity contribution in [2.75, 3.05) is 6.26 Å². The molecule has 128 valence electrons. The van der Waals surface area contributed by atoms with E-state index in [9.17, 15) is 13.2 Å². The molecule has 0 spiro atoms. The van der Waals surface area contributed by atoms with E-state index in [2.05, 4.69) is 0 Å². The molecular weight excluding hydrogens is 322 g/mol. The molecule has 0 aliphatic heterocycles. The molecule has 4 nitrogen and oxygen atoms in total. The lowest BCUT2D eigenvalue weighted by atomic mass is 10.1. The van der Waals surface area contributed by atoms with Gasteiger partial charge >= 0.3 is 0 Å². The molecular formula is C19H23NO3S. The van der Waals surface area contributed by atoms with Gasteiger partial charge in [0.05, 0.1) is 10.5 Å². The van der Waals surface area contributed by atoms with E-state index in [1.54, 1.807) is 23.1 Å². The van der Waals surface area contributed by atoms with Crippen LogP contribution in [0.1, 0.15) is 36.2 Å². The SMILES string of the molecule is CC[C@@H](C)N(Cc1ccccc1)C(=O)c1ccccc1S(C)(=O)=O. The second-order valence-corrected chi connectivity index (χ2v) is 7.93. The molecule has 0 heterocycles. The molecule has 2 rings (SSSR count). The van der Waals surface area contributed by atoms with E-state index >= 15 is 0 Å². The fourth-order valence-corrected chi connectivity index (χ4v) is 3.43. The summed E-state index contributed by atoms with van der Waals surface area (Å²) in [5, 5.41) is 0. The van der Waals surface area contributed by atoms with E-state index in [-0.39, 0.29) is 22.4 Å². The Balaban J connectivity index is 2.43. The predicted octanol–water partition coefficient (Wildman–Crippen LogP) is 3.53. The highest BCUT2D eigenvalue weighted by Crippen LogP contribution is 2.21. The van der Waals surface area contributed by atoms with Crippen molar-refractivity contribution in [1.82, 2.24) is 4.90 Å². The average molecular weight is 345 g/mol. The van der Waals surface area contributed by atoms with Crippen molar-refractivity contribution in [2.24, 2.45) is 0 Å². The maximum absolute atomic E-state index is 13.1. The zero-order valence-electron chi connectivity index (χ0n) is 14.3. The van der Waals surface area contributed by atoms with Gasteiger partial charge in [0.1, 0.15) is 0 Å². The minimum Gasteiger partial charge on any atom is -0.332 e. The lowest BCUT2D eigenvalue weighted by Crippen LogP contribution is -2.38. The molecule has 0 saturated carbocycles. The number of benzene rings is 2. The van der Waals surface area contributed by atoms with E-state index in [4.69, 9.17) is 0 Å². The largest absolute Gasteiger partial charge is 0.332 e. The molecule has 0 N–H and O–H groups in total. The van der Waals surface area contributed by atoms with E-state index in [1.807, 2.05) is 44.2 Å². The second-order valence-electron chi connectivity index (χ2n) is 5.94. The maximum atomic E-state index is 13.1. The fraction of sp³-hybridized carbons (Fsp3) is 0.316. The fourth-order valence-electron chi connectivity index (χ4n) is 2.55. The third-order valence-corrected chi connectivity index (χ3v) is 5.25. The molecule has 0 bridgehead atoms. The van der Waals surface area contributed by atoms with Crippen LogP contribution in [0, 0.1) is 0 Å². The van der Waals surface area contributed by atoms with Crippen LogP contribution >= 0.6 is 0 Å². The number of carbonyl (C=O) groups excluding carboxylic acids is 1. The Morgan fingerprint density at radius 3 is 2.21 bits per heavy atom. The van der Waals surface area contributed by atoms with E-state index in [0.717, 1.165) is 18.2 Å². The third kappa shape index (κ3) is 4.23. The van der Waals surface area contributed by atoms with Gasteiger partial charge in [0.2, 0.25) is 0 Å². The Hall–Kier alpha value is -2.14. The van der Waals surface area contributed by atoms with E-state index < -0.39 is 9.84 Å². The first-order valence-corrected chi connectivity index (χ1v) is 9.87. The summed E-state index contributed by atoms with van der Waals surface area (Å²) in [4.78, 5) is 14.9.